The first-order valence-electron chi connectivity index (χ1n) is 8.08. The lowest BCUT2D eigenvalue weighted by atomic mass is 10.1. The van der Waals surface area contributed by atoms with Gasteiger partial charge in [0.05, 0.1) is 16.3 Å². The summed E-state index contributed by atoms with van der Waals surface area (Å²) in [5.41, 5.74) is 2.27. The van der Waals surface area contributed by atoms with Gasteiger partial charge >= 0.3 is 6.55 Å². The molecule has 1 unspecified atom stereocenters. The van der Waals surface area contributed by atoms with Crippen LogP contribution < -0.4 is 0 Å². The molecule has 0 saturated carbocycles. The highest BCUT2D eigenvalue weighted by Crippen LogP contribution is 2.33. The third kappa shape index (κ3) is 2.78. The molecule has 1 atom stereocenters. The Hall–Kier alpha value is -2.67. The minimum Gasteiger partial charge on any atom is -0.360 e. The Morgan fingerprint density at radius 2 is 1.88 bits per heavy atom. The number of nitrogens with zero attached hydrogens (tertiary/aromatic N) is 2. The van der Waals surface area contributed by atoms with Crippen molar-refractivity contribution in [2.75, 3.05) is 0 Å². The van der Waals surface area contributed by atoms with E-state index in [1.54, 1.807) is 37.4 Å². The van der Waals surface area contributed by atoms with E-state index in [-0.39, 0.29) is 10.9 Å². The summed E-state index contributed by atoms with van der Waals surface area (Å²) < 4.78 is 28.0. The number of rotatable bonds is 5. The molecule has 132 valence electrons. The van der Waals surface area contributed by atoms with Crippen LogP contribution in [-0.4, -0.2) is 25.6 Å². The second-order valence-corrected chi connectivity index (χ2v) is 7.21. The summed E-state index contributed by atoms with van der Waals surface area (Å²) in [6, 6.07) is 14.2. The average Bonchev–Trinajstić information content (AvgIpc) is 3.21. The topological polar surface area (TPSA) is 50.7 Å². The van der Waals surface area contributed by atoms with E-state index in [1.807, 2.05) is 24.3 Å². The Labute approximate surface area is 152 Å². The van der Waals surface area contributed by atoms with Gasteiger partial charge in [-0.1, -0.05) is 42.1 Å². The molecule has 0 aliphatic carbocycles. The highest BCUT2D eigenvalue weighted by molar-refractivity contribution is 8.00. The number of para-hydroxylation sites is 3. The van der Waals surface area contributed by atoms with Crippen LogP contribution in [-0.2, 0) is 0 Å². The molecule has 1 N–H and O–H groups in total. The minimum atomic E-state index is -2.72. The number of fused-ring (bicyclic) bond motifs is 2. The van der Waals surface area contributed by atoms with Gasteiger partial charge < -0.3 is 4.98 Å². The molecule has 2 aromatic heterocycles. The number of benzene rings is 2. The standard InChI is InChI=1S/C19H15F2N3OS/c1-11(17(25)13-10-22-14-7-3-2-6-12(13)14)26-19-23-15-8-4-5-9-16(15)24(19)18(20)21/h2-11,18,22H,1H3. The summed E-state index contributed by atoms with van der Waals surface area (Å²) in [5, 5.41) is 0.415. The first-order chi connectivity index (χ1) is 12.6. The van der Waals surface area contributed by atoms with Gasteiger partial charge in [-0.05, 0) is 25.1 Å². The number of hydrogen-bond donors (Lipinski definition) is 1. The smallest absolute Gasteiger partial charge is 0.321 e. The highest BCUT2D eigenvalue weighted by Gasteiger charge is 2.24. The summed E-state index contributed by atoms with van der Waals surface area (Å²) >= 11 is 1.05. The van der Waals surface area contributed by atoms with E-state index >= 15 is 0 Å². The molecule has 4 nitrogen and oxygen atoms in total. The Morgan fingerprint density at radius 1 is 1.15 bits per heavy atom. The lowest BCUT2D eigenvalue weighted by Gasteiger charge is -2.11. The Morgan fingerprint density at radius 3 is 2.69 bits per heavy atom. The van der Waals surface area contributed by atoms with Crippen LogP contribution in [0.4, 0.5) is 8.78 Å². The van der Waals surface area contributed by atoms with Crippen molar-refractivity contribution in [3.8, 4) is 0 Å². The lowest BCUT2D eigenvalue weighted by molar-refractivity contribution is 0.0655. The third-order valence-electron chi connectivity index (χ3n) is 4.26. The van der Waals surface area contributed by atoms with Gasteiger partial charge in [-0.2, -0.15) is 8.78 Å². The SMILES string of the molecule is CC(Sc1nc2ccccc2n1C(F)F)C(=O)c1c[nH]c2ccccc12. The summed E-state index contributed by atoms with van der Waals surface area (Å²) in [6.45, 7) is -1.01. The summed E-state index contributed by atoms with van der Waals surface area (Å²) in [4.78, 5) is 20.2. The zero-order valence-corrected chi connectivity index (χ0v) is 14.6. The van der Waals surface area contributed by atoms with Crippen molar-refractivity contribution < 1.29 is 13.6 Å². The van der Waals surface area contributed by atoms with E-state index in [0.717, 1.165) is 27.2 Å². The summed E-state index contributed by atoms with van der Waals surface area (Å²) in [5.74, 6) is -0.125. The van der Waals surface area contributed by atoms with Gasteiger partial charge in [-0.3, -0.25) is 9.36 Å². The Kier molecular flexibility index (Phi) is 4.24. The molecule has 0 saturated heterocycles. The molecule has 7 heteroatoms. The van der Waals surface area contributed by atoms with E-state index in [2.05, 4.69) is 9.97 Å². The highest BCUT2D eigenvalue weighted by atomic mass is 32.2. The quantitative estimate of drug-likeness (QED) is 0.384. The molecule has 4 rings (SSSR count). The minimum absolute atomic E-state index is 0.125. The normalized spacial score (nSPS) is 12.9. The van der Waals surface area contributed by atoms with Crippen molar-refractivity contribution in [2.24, 2.45) is 0 Å². The van der Waals surface area contributed by atoms with Crippen LogP contribution in [0.25, 0.3) is 21.9 Å². The fourth-order valence-electron chi connectivity index (χ4n) is 3.00. The molecule has 0 amide bonds. The Bertz CT molecular complexity index is 1100. The molecule has 0 fully saturated rings. The number of ketones is 1. The number of nitrogens with one attached hydrogen (secondary N) is 1. The zero-order chi connectivity index (χ0) is 18.3. The van der Waals surface area contributed by atoms with Crippen LogP contribution in [0, 0.1) is 0 Å². The fraction of sp³-hybridized carbons (Fsp3) is 0.158. The van der Waals surface area contributed by atoms with E-state index in [0.29, 0.717) is 16.6 Å². The third-order valence-corrected chi connectivity index (χ3v) is 5.33. The Balaban J connectivity index is 1.68. The maximum absolute atomic E-state index is 13.5. The van der Waals surface area contributed by atoms with Gasteiger partial charge in [0.25, 0.3) is 0 Å². The lowest BCUT2D eigenvalue weighted by Crippen LogP contribution is -2.14. The number of aromatic amines is 1. The van der Waals surface area contributed by atoms with Crippen LogP contribution in [0.5, 0.6) is 0 Å². The van der Waals surface area contributed by atoms with Gasteiger partial charge in [0.15, 0.2) is 10.9 Å². The molecule has 0 radical (unpaired) electrons. The van der Waals surface area contributed by atoms with E-state index in [1.165, 1.54) is 0 Å². The van der Waals surface area contributed by atoms with Crippen molar-refractivity contribution in [1.82, 2.24) is 14.5 Å². The number of hydrogen-bond acceptors (Lipinski definition) is 3. The monoisotopic (exact) mass is 371 g/mol. The van der Waals surface area contributed by atoms with Crippen LogP contribution in [0.1, 0.15) is 23.8 Å². The van der Waals surface area contributed by atoms with Crippen molar-refractivity contribution in [3.63, 3.8) is 0 Å². The van der Waals surface area contributed by atoms with Crippen LogP contribution in [0.2, 0.25) is 0 Å². The number of H-pyrrole nitrogens is 1. The maximum atomic E-state index is 13.5. The molecule has 0 aliphatic heterocycles. The van der Waals surface area contributed by atoms with Crippen LogP contribution in [0.3, 0.4) is 0 Å². The number of thioether (sulfide) groups is 1. The molecule has 2 aromatic carbocycles. The van der Waals surface area contributed by atoms with Gasteiger partial charge in [-0.25, -0.2) is 4.98 Å². The molecular formula is C19H15F2N3OS. The molecule has 4 aromatic rings. The van der Waals surface area contributed by atoms with Crippen LogP contribution in [0.15, 0.2) is 59.9 Å². The second-order valence-electron chi connectivity index (χ2n) is 5.90. The van der Waals surface area contributed by atoms with Gasteiger partial charge in [0.2, 0.25) is 0 Å². The van der Waals surface area contributed by atoms with E-state index < -0.39 is 11.8 Å². The zero-order valence-electron chi connectivity index (χ0n) is 13.8. The second kappa shape index (κ2) is 6.57. The molecule has 0 bridgehead atoms. The van der Waals surface area contributed by atoms with Crippen molar-refractivity contribution in [1.29, 1.82) is 0 Å². The number of alkyl halides is 2. The summed E-state index contributed by atoms with van der Waals surface area (Å²) in [7, 11) is 0. The van der Waals surface area contributed by atoms with E-state index in [9.17, 15) is 13.6 Å². The van der Waals surface area contributed by atoms with Crippen molar-refractivity contribution >= 4 is 39.5 Å². The summed E-state index contributed by atoms with van der Waals surface area (Å²) in [6.07, 6.45) is 1.67. The van der Waals surface area contributed by atoms with Crippen LogP contribution >= 0.6 is 11.8 Å². The largest absolute Gasteiger partial charge is 0.360 e. The first-order valence-corrected chi connectivity index (χ1v) is 8.96. The predicted molar refractivity (Wildman–Crippen MR) is 98.9 cm³/mol. The van der Waals surface area contributed by atoms with Crippen molar-refractivity contribution in [3.05, 3.63) is 60.3 Å². The number of Topliss-reactive ketones (excluding diaryl/α,β-unsaturated/α-hetero) is 1. The number of halogens is 2. The average molecular weight is 371 g/mol. The number of aromatic nitrogens is 3. The maximum Gasteiger partial charge on any atom is 0.321 e. The fourth-order valence-corrected chi connectivity index (χ4v) is 3.99. The molecular weight excluding hydrogens is 356 g/mol. The van der Waals surface area contributed by atoms with Gasteiger partial charge in [0.1, 0.15) is 0 Å². The van der Waals surface area contributed by atoms with Crippen molar-refractivity contribution in [2.45, 2.75) is 23.9 Å². The first kappa shape index (κ1) is 16.8. The number of carbonyl (C=O) groups is 1. The number of carbonyl (C=O) groups excluding carboxylic acids is 1. The van der Waals surface area contributed by atoms with E-state index in [4.69, 9.17) is 0 Å². The predicted octanol–water partition coefficient (Wildman–Crippen LogP) is 5.28. The molecule has 0 aliphatic rings. The number of imidazole rings is 1. The molecule has 0 spiro atoms. The van der Waals surface area contributed by atoms with Gasteiger partial charge in [0, 0.05) is 22.7 Å². The van der Waals surface area contributed by atoms with Gasteiger partial charge in [-0.15, -0.1) is 0 Å². The molecule has 2 heterocycles. The molecule has 26 heavy (non-hydrogen) atoms.